The first kappa shape index (κ1) is 11.3. The summed E-state index contributed by atoms with van der Waals surface area (Å²) in [4.78, 5) is 8.03. The fraction of sp³-hybridized carbons (Fsp3) is 0.333. The Bertz CT molecular complexity index is 618. The number of nitrogen functional groups attached to an aromatic ring is 1. The van der Waals surface area contributed by atoms with Gasteiger partial charge in [0.1, 0.15) is 0 Å². The van der Waals surface area contributed by atoms with Gasteiger partial charge in [-0.05, 0) is 25.0 Å². The molecule has 18 heavy (non-hydrogen) atoms. The summed E-state index contributed by atoms with van der Waals surface area (Å²) in [5.41, 5.74) is 5.87. The Hall–Kier alpha value is -1.85. The minimum atomic E-state index is -4.37. The van der Waals surface area contributed by atoms with Gasteiger partial charge in [0.25, 0.3) is 0 Å². The maximum atomic E-state index is 12.6. The highest BCUT2D eigenvalue weighted by atomic mass is 19.4. The van der Waals surface area contributed by atoms with Gasteiger partial charge < -0.3 is 5.73 Å². The van der Waals surface area contributed by atoms with Crippen LogP contribution in [0.3, 0.4) is 0 Å². The number of hydrogen-bond acceptors (Lipinski definition) is 3. The quantitative estimate of drug-likeness (QED) is 0.849. The molecule has 2 N–H and O–H groups in total. The normalized spacial score (nSPS) is 16.2. The molecule has 0 unspecified atom stereocenters. The maximum absolute atomic E-state index is 12.6. The van der Waals surface area contributed by atoms with E-state index in [1.165, 1.54) is 6.07 Å². The first-order valence-corrected chi connectivity index (χ1v) is 5.59. The van der Waals surface area contributed by atoms with Crippen LogP contribution in [0.2, 0.25) is 0 Å². The molecule has 0 atom stereocenters. The summed E-state index contributed by atoms with van der Waals surface area (Å²) in [6.45, 7) is 0. The maximum Gasteiger partial charge on any atom is 0.416 e. The van der Waals surface area contributed by atoms with Crippen LogP contribution in [0.1, 0.15) is 30.0 Å². The Morgan fingerprint density at radius 1 is 1.17 bits per heavy atom. The molecule has 6 heteroatoms. The van der Waals surface area contributed by atoms with Crippen molar-refractivity contribution in [3.63, 3.8) is 0 Å². The first-order chi connectivity index (χ1) is 8.45. The third kappa shape index (κ3) is 1.87. The number of nitrogens with two attached hydrogens (primary N) is 1. The van der Waals surface area contributed by atoms with Gasteiger partial charge in [-0.1, -0.05) is 6.07 Å². The molecule has 1 heterocycles. The minimum Gasteiger partial charge on any atom is -0.368 e. The van der Waals surface area contributed by atoms with Crippen LogP contribution in [0.4, 0.5) is 19.1 Å². The van der Waals surface area contributed by atoms with Crippen molar-refractivity contribution in [2.75, 3.05) is 5.73 Å². The van der Waals surface area contributed by atoms with Crippen molar-refractivity contribution in [3.05, 3.63) is 29.5 Å². The van der Waals surface area contributed by atoms with Crippen LogP contribution in [0.15, 0.2) is 18.2 Å². The van der Waals surface area contributed by atoms with E-state index in [1.54, 1.807) is 0 Å². The number of fused-ring (bicyclic) bond motifs is 1. The van der Waals surface area contributed by atoms with Crippen LogP contribution < -0.4 is 5.73 Å². The van der Waals surface area contributed by atoms with Crippen LogP contribution in [0.5, 0.6) is 0 Å². The van der Waals surface area contributed by atoms with E-state index >= 15 is 0 Å². The molecule has 1 aliphatic rings. The molecule has 2 aromatic rings. The van der Waals surface area contributed by atoms with Crippen LogP contribution in [0, 0.1) is 0 Å². The number of nitrogens with zero attached hydrogens (tertiary/aromatic N) is 2. The summed E-state index contributed by atoms with van der Waals surface area (Å²) >= 11 is 0. The zero-order chi connectivity index (χ0) is 12.9. The second-order valence-corrected chi connectivity index (χ2v) is 4.47. The second kappa shape index (κ2) is 3.57. The molecule has 0 bridgehead atoms. The first-order valence-electron chi connectivity index (χ1n) is 5.59. The fourth-order valence-electron chi connectivity index (χ4n) is 2.02. The van der Waals surface area contributed by atoms with Crippen molar-refractivity contribution in [2.24, 2.45) is 0 Å². The molecule has 1 aromatic heterocycles. The summed E-state index contributed by atoms with van der Waals surface area (Å²) in [7, 11) is 0. The average Bonchev–Trinajstić information content (AvgIpc) is 3.09. The van der Waals surface area contributed by atoms with Crippen LogP contribution in [0.25, 0.3) is 10.9 Å². The fourth-order valence-corrected chi connectivity index (χ4v) is 2.02. The largest absolute Gasteiger partial charge is 0.416 e. The third-order valence-corrected chi connectivity index (χ3v) is 3.04. The Morgan fingerprint density at radius 3 is 2.50 bits per heavy atom. The Balaban J connectivity index is 2.22. The smallest absolute Gasteiger partial charge is 0.368 e. The lowest BCUT2D eigenvalue weighted by atomic mass is 10.1. The molecule has 1 aliphatic carbocycles. The SMILES string of the molecule is Nc1nc(C2CC2)c2ccc(C(F)(F)F)cc2n1. The molecule has 0 aliphatic heterocycles. The summed E-state index contributed by atoms with van der Waals surface area (Å²) in [5.74, 6) is 0.346. The number of anilines is 1. The number of alkyl halides is 3. The van der Waals surface area contributed by atoms with Crippen molar-refractivity contribution >= 4 is 16.9 Å². The number of hydrogen-bond donors (Lipinski definition) is 1. The average molecular weight is 253 g/mol. The van der Waals surface area contributed by atoms with E-state index in [0.29, 0.717) is 11.3 Å². The van der Waals surface area contributed by atoms with Crippen molar-refractivity contribution < 1.29 is 13.2 Å². The number of aromatic nitrogens is 2. The molecule has 0 amide bonds. The van der Waals surface area contributed by atoms with E-state index in [2.05, 4.69) is 9.97 Å². The van der Waals surface area contributed by atoms with Gasteiger partial charge in [0.2, 0.25) is 5.95 Å². The summed E-state index contributed by atoms with van der Waals surface area (Å²) in [6, 6.07) is 3.53. The van der Waals surface area contributed by atoms with Gasteiger partial charge in [-0.15, -0.1) is 0 Å². The Labute approximate surface area is 101 Å². The highest BCUT2D eigenvalue weighted by Crippen LogP contribution is 2.42. The number of benzene rings is 1. The van der Waals surface area contributed by atoms with E-state index < -0.39 is 11.7 Å². The minimum absolute atomic E-state index is 0.0312. The zero-order valence-corrected chi connectivity index (χ0v) is 9.33. The van der Waals surface area contributed by atoms with E-state index in [4.69, 9.17) is 5.73 Å². The van der Waals surface area contributed by atoms with E-state index in [9.17, 15) is 13.2 Å². The predicted octanol–water partition coefficient (Wildman–Crippen LogP) is 3.11. The van der Waals surface area contributed by atoms with E-state index in [-0.39, 0.29) is 11.5 Å². The van der Waals surface area contributed by atoms with E-state index in [1.807, 2.05) is 0 Å². The van der Waals surface area contributed by atoms with Gasteiger partial charge in [-0.2, -0.15) is 13.2 Å². The lowest BCUT2D eigenvalue weighted by molar-refractivity contribution is -0.137. The summed E-state index contributed by atoms with van der Waals surface area (Å²) < 4.78 is 37.8. The van der Waals surface area contributed by atoms with Crippen molar-refractivity contribution in [3.8, 4) is 0 Å². The molecule has 1 fully saturated rings. The third-order valence-electron chi connectivity index (χ3n) is 3.04. The molecule has 0 radical (unpaired) electrons. The lowest BCUT2D eigenvalue weighted by Crippen LogP contribution is -2.06. The number of rotatable bonds is 1. The van der Waals surface area contributed by atoms with Gasteiger partial charge in [-0.3, -0.25) is 0 Å². The topological polar surface area (TPSA) is 51.8 Å². The lowest BCUT2D eigenvalue weighted by Gasteiger charge is -2.09. The monoisotopic (exact) mass is 253 g/mol. The van der Waals surface area contributed by atoms with Crippen LogP contribution in [-0.2, 0) is 6.18 Å². The van der Waals surface area contributed by atoms with Gasteiger partial charge >= 0.3 is 6.18 Å². The van der Waals surface area contributed by atoms with Gasteiger partial charge in [-0.25, -0.2) is 9.97 Å². The van der Waals surface area contributed by atoms with E-state index in [0.717, 1.165) is 30.7 Å². The van der Waals surface area contributed by atoms with Crippen molar-refractivity contribution in [2.45, 2.75) is 24.9 Å². The molecule has 3 nitrogen and oxygen atoms in total. The van der Waals surface area contributed by atoms with Crippen LogP contribution in [-0.4, -0.2) is 9.97 Å². The molecule has 0 saturated heterocycles. The molecule has 1 saturated carbocycles. The van der Waals surface area contributed by atoms with Crippen molar-refractivity contribution in [1.82, 2.24) is 9.97 Å². The predicted molar refractivity (Wildman–Crippen MR) is 60.9 cm³/mol. The second-order valence-electron chi connectivity index (χ2n) is 4.47. The number of halogens is 3. The van der Waals surface area contributed by atoms with Crippen molar-refractivity contribution in [1.29, 1.82) is 0 Å². The molecular weight excluding hydrogens is 243 g/mol. The summed E-state index contributed by atoms with van der Waals surface area (Å²) in [5, 5.41) is 0.666. The van der Waals surface area contributed by atoms with Gasteiger partial charge in [0.05, 0.1) is 16.8 Å². The molecule has 0 spiro atoms. The van der Waals surface area contributed by atoms with Gasteiger partial charge in [0.15, 0.2) is 0 Å². The highest BCUT2D eigenvalue weighted by molar-refractivity contribution is 5.83. The summed E-state index contributed by atoms with van der Waals surface area (Å²) in [6.07, 6.45) is -2.35. The van der Waals surface area contributed by atoms with Gasteiger partial charge in [0, 0.05) is 11.3 Å². The Kier molecular flexibility index (Phi) is 2.23. The zero-order valence-electron chi connectivity index (χ0n) is 9.33. The molecular formula is C12H10F3N3. The molecule has 3 rings (SSSR count). The highest BCUT2D eigenvalue weighted by Gasteiger charge is 2.32. The molecule has 94 valence electrons. The Morgan fingerprint density at radius 2 is 1.89 bits per heavy atom. The van der Waals surface area contributed by atoms with Crippen LogP contribution >= 0.6 is 0 Å². The molecule has 1 aromatic carbocycles. The standard InChI is InChI=1S/C12H10F3N3/c13-12(14,15)7-3-4-8-9(5-7)17-11(16)18-10(8)6-1-2-6/h3-6H,1-2H2,(H2,16,17,18).